The summed E-state index contributed by atoms with van der Waals surface area (Å²) in [4.78, 5) is 0. The number of nitriles is 1. The molecule has 88 valence electrons. The molecule has 0 amide bonds. The Labute approximate surface area is 100 Å². The smallest absolute Gasteiger partial charge is 0.246 e. The van der Waals surface area contributed by atoms with Crippen LogP contribution < -0.4 is 10.5 Å². The highest BCUT2D eigenvalue weighted by molar-refractivity contribution is 7.92. The van der Waals surface area contributed by atoms with Crippen LogP contribution in [0.1, 0.15) is 5.56 Å². The fraction of sp³-hybridized carbons (Fsp3) is 0.182. The minimum atomic E-state index is -3.58. The van der Waals surface area contributed by atoms with Crippen LogP contribution in [0.25, 0.3) is 0 Å². The maximum atomic E-state index is 11.3. The van der Waals surface area contributed by atoms with E-state index in [4.69, 9.17) is 11.0 Å². The average Bonchev–Trinajstić information content (AvgIpc) is 2.27. The molecule has 17 heavy (non-hydrogen) atoms. The van der Waals surface area contributed by atoms with Crippen LogP contribution >= 0.6 is 0 Å². The van der Waals surface area contributed by atoms with Crippen LogP contribution in [0.3, 0.4) is 0 Å². The number of hydrogen-bond acceptors (Lipinski definition) is 4. The highest BCUT2D eigenvalue weighted by atomic mass is 32.2. The van der Waals surface area contributed by atoms with E-state index >= 15 is 0 Å². The number of anilines is 1. The topological polar surface area (TPSA) is 96.0 Å². The number of nitrogens with one attached hydrogen (secondary N) is 1. The number of nitrogens with two attached hydrogens (primary N) is 1. The van der Waals surface area contributed by atoms with E-state index in [1.165, 1.54) is 0 Å². The maximum Gasteiger partial charge on any atom is 0.246 e. The molecule has 0 aliphatic heterocycles. The zero-order valence-corrected chi connectivity index (χ0v) is 9.79. The molecule has 0 radical (unpaired) electrons. The number of hydrogen-bond donors (Lipinski definition) is 2. The van der Waals surface area contributed by atoms with E-state index < -0.39 is 15.8 Å². The fourth-order valence-corrected chi connectivity index (χ4v) is 1.81. The first kappa shape index (κ1) is 13.0. The molecule has 1 rings (SSSR count). The molecule has 0 aliphatic rings. The van der Waals surface area contributed by atoms with Gasteiger partial charge in [-0.3, -0.25) is 4.72 Å². The Hall–Kier alpha value is -2.02. The number of rotatable bonds is 3. The van der Waals surface area contributed by atoms with Gasteiger partial charge < -0.3 is 5.73 Å². The van der Waals surface area contributed by atoms with Gasteiger partial charge in [0.05, 0.1) is 12.6 Å². The van der Waals surface area contributed by atoms with E-state index in [9.17, 15) is 8.42 Å². The van der Waals surface area contributed by atoms with Gasteiger partial charge in [-0.05, 0) is 24.3 Å². The molecule has 0 heterocycles. The summed E-state index contributed by atoms with van der Waals surface area (Å²) in [6.07, 6.45) is 0. The van der Waals surface area contributed by atoms with Crippen molar-refractivity contribution in [2.75, 3.05) is 17.0 Å². The Morgan fingerprint density at radius 2 is 1.94 bits per heavy atom. The molecule has 1 aromatic rings. The van der Waals surface area contributed by atoms with E-state index in [0.717, 1.165) is 5.56 Å². The van der Waals surface area contributed by atoms with Gasteiger partial charge in [0.1, 0.15) is 0 Å². The molecule has 0 spiro atoms. The minimum absolute atomic E-state index is 0.274. The Morgan fingerprint density at radius 1 is 1.29 bits per heavy atom. The lowest BCUT2D eigenvalue weighted by molar-refractivity contribution is 0.604. The molecular formula is C11H11N3O2S. The summed E-state index contributed by atoms with van der Waals surface area (Å²) in [6, 6.07) is 8.09. The fourth-order valence-electron chi connectivity index (χ4n) is 1.08. The lowest BCUT2D eigenvalue weighted by Gasteiger charge is -2.04. The number of sulfonamides is 1. The molecule has 0 fully saturated rings. The standard InChI is InChI=1S/C11H11N3O2S/c12-7-1-2-10-3-5-11(6-4-10)14-17(15,16)9-8-13/h3-6,14H,7,9,12H2. The largest absolute Gasteiger partial charge is 0.320 e. The summed E-state index contributed by atoms with van der Waals surface area (Å²) in [5.41, 5.74) is 6.38. The van der Waals surface area contributed by atoms with Crippen molar-refractivity contribution < 1.29 is 8.42 Å². The van der Waals surface area contributed by atoms with Gasteiger partial charge in [-0.25, -0.2) is 8.42 Å². The lowest BCUT2D eigenvalue weighted by Crippen LogP contribution is -2.15. The number of nitrogens with zero attached hydrogens (tertiary/aromatic N) is 1. The van der Waals surface area contributed by atoms with E-state index in [0.29, 0.717) is 5.69 Å². The Bertz CT molecular complexity index is 574. The van der Waals surface area contributed by atoms with Gasteiger partial charge in [0.25, 0.3) is 0 Å². The minimum Gasteiger partial charge on any atom is -0.320 e. The zero-order valence-electron chi connectivity index (χ0n) is 8.97. The van der Waals surface area contributed by atoms with Crippen molar-refractivity contribution in [3.8, 4) is 17.9 Å². The van der Waals surface area contributed by atoms with E-state index in [1.807, 2.05) is 0 Å². The van der Waals surface area contributed by atoms with Crippen molar-refractivity contribution in [3.63, 3.8) is 0 Å². The second-order valence-electron chi connectivity index (χ2n) is 3.10. The summed E-state index contributed by atoms with van der Waals surface area (Å²) in [7, 11) is -3.58. The van der Waals surface area contributed by atoms with Crippen LogP contribution in [0.15, 0.2) is 24.3 Å². The van der Waals surface area contributed by atoms with Crippen LogP contribution in [0.2, 0.25) is 0 Å². The molecule has 0 atom stereocenters. The first-order chi connectivity index (χ1) is 8.07. The van der Waals surface area contributed by atoms with Crippen LogP contribution in [-0.2, 0) is 10.0 Å². The highest BCUT2D eigenvalue weighted by Gasteiger charge is 2.08. The Balaban J connectivity index is 2.79. The van der Waals surface area contributed by atoms with Gasteiger partial charge in [-0.2, -0.15) is 5.26 Å². The normalized spacial score (nSPS) is 9.88. The summed E-state index contributed by atoms with van der Waals surface area (Å²) < 4.78 is 24.8. The maximum absolute atomic E-state index is 11.3. The SMILES string of the molecule is N#CCS(=O)(=O)Nc1ccc(C#CCN)cc1. The predicted molar refractivity (Wildman–Crippen MR) is 65.4 cm³/mol. The molecule has 1 aromatic carbocycles. The highest BCUT2D eigenvalue weighted by Crippen LogP contribution is 2.10. The molecule has 5 nitrogen and oxygen atoms in total. The third-order valence-corrected chi connectivity index (χ3v) is 2.80. The van der Waals surface area contributed by atoms with Crippen molar-refractivity contribution in [1.29, 1.82) is 5.26 Å². The van der Waals surface area contributed by atoms with Gasteiger partial charge in [0, 0.05) is 11.3 Å². The van der Waals surface area contributed by atoms with Crippen molar-refractivity contribution in [2.45, 2.75) is 0 Å². The summed E-state index contributed by atoms with van der Waals surface area (Å²) in [5.74, 6) is 4.94. The molecule has 3 N–H and O–H groups in total. The van der Waals surface area contributed by atoms with Crippen molar-refractivity contribution in [2.24, 2.45) is 5.73 Å². The molecule has 0 unspecified atom stereocenters. The summed E-state index contributed by atoms with van der Waals surface area (Å²) in [5, 5.41) is 8.32. The average molecular weight is 249 g/mol. The summed E-state index contributed by atoms with van der Waals surface area (Å²) in [6.45, 7) is 0.274. The first-order valence-corrected chi connectivity index (χ1v) is 6.39. The third-order valence-electron chi connectivity index (χ3n) is 1.75. The van der Waals surface area contributed by atoms with E-state index in [2.05, 4.69) is 16.6 Å². The van der Waals surface area contributed by atoms with E-state index in [-0.39, 0.29) is 6.54 Å². The van der Waals surface area contributed by atoms with Gasteiger partial charge in [-0.15, -0.1) is 0 Å². The van der Waals surface area contributed by atoms with E-state index in [1.54, 1.807) is 30.3 Å². The molecule has 6 heteroatoms. The van der Waals surface area contributed by atoms with Crippen LogP contribution in [-0.4, -0.2) is 20.7 Å². The number of benzene rings is 1. The molecule has 0 aliphatic carbocycles. The van der Waals surface area contributed by atoms with Crippen LogP contribution in [0, 0.1) is 23.2 Å². The predicted octanol–water partition coefficient (Wildman–Crippen LogP) is 0.262. The second-order valence-corrected chi connectivity index (χ2v) is 4.82. The Kier molecular flexibility index (Phi) is 4.53. The molecular weight excluding hydrogens is 238 g/mol. The van der Waals surface area contributed by atoms with Gasteiger partial charge in [-0.1, -0.05) is 11.8 Å². The molecule has 0 saturated carbocycles. The zero-order chi connectivity index (χ0) is 12.7. The monoisotopic (exact) mass is 249 g/mol. The van der Waals surface area contributed by atoms with Gasteiger partial charge in [0.15, 0.2) is 5.75 Å². The third kappa shape index (κ3) is 4.56. The van der Waals surface area contributed by atoms with Crippen molar-refractivity contribution >= 4 is 15.7 Å². The first-order valence-electron chi connectivity index (χ1n) is 4.74. The van der Waals surface area contributed by atoms with Gasteiger partial charge in [0.2, 0.25) is 10.0 Å². The van der Waals surface area contributed by atoms with Crippen LogP contribution in [0.5, 0.6) is 0 Å². The lowest BCUT2D eigenvalue weighted by atomic mass is 10.2. The quantitative estimate of drug-likeness (QED) is 0.751. The Morgan fingerprint density at radius 3 is 2.47 bits per heavy atom. The summed E-state index contributed by atoms with van der Waals surface area (Å²) >= 11 is 0. The second kappa shape index (κ2) is 5.90. The van der Waals surface area contributed by atoms with Crippen LogP contribution in [0.4, 0.5) is 5.69 Å². The molecule has 0 aromatic heterocycles. The molecule has 0 bridgehead atoms. The van der Waals surface area contributed by atoms with Gasteiger partial charge >= 0.3 is 0 Å². The molecule has 0 saturated heterocycles. The van der Waals surface area contributed by atoms with Crippen molar-refractivity contribution in [1.82, 2.24) is 0 Å². The van der Waals surface area contributed by atoms with Crippen molar-refractivity contribution in [3.05, 3.63) is 29.8 Å².